The molecule has 0 bridgehead atoms. The largest absolute Gasteiger partial charge is 0.495 e. The van der Waals surface area contributed by atoms with Crippen molar-refractivity contribution in [2.24, 2.45) is 0 Å². The number of rotatable bonds is 4. The van der Waals surface area contributed by atoms with Gasteiger partial charge >= 0.3 is 0 Å². The number of hydrogen-bond acceptors (Lipinski definition) is 4. The number of likely N-dealkylation sites (tertiary alicyclic amines) is 1. The van der Waals surface area contributed by atoms with Crippen molar-refractivity contribution in [1.82, 2.24) is 9.62 Å². The summed E-state index contributed by atoms with van der Waals surface area (Å²) in [6.45, 7) is 2.19. The standard InChI is InChI=1S/C13H18N2O4S/c1-9-4-5-11(19-3)12(6-9)20(17,18)14-10-7-13(16)15(2)8-10/h4-6,10,14H,7-8H2,1-3H3. The van der Waals surface area contributed by atoms with Gasteiger partial charge in [0.1, 0.15) is 10.6 Å². The van der Waals surface area contributed by atoms with Gasteiger partial charge in [0.15, 0.2) is 0 Å². The van der Waals surface area contributed by atoms with E-state index in [4.69, 9.17) is 4.74 Å². The van der Waals surface area contributed by atoms with Gasteiger partial charge in [0, 0.05) is 26.1 Å². The van der Waals surface area contributed by atoms with Gasteiger partial charge in [-0.1, -0.05) is 6.07 Å². The first kappa shape index (κ1) is 14.8. The first-order valence-electron chi connectivity index (χ1n) is 6.24. The van der Waals surface area contributed by atoms with Crippen LogP contribution in [0.5, 0.6) is 5.75 Å². The minimum Gasteiger partial charge on any atom is -0.495 e. The molecule has 0 aromatic heterocycles. The van der Waals surface area contributed by atoms with Crippen molar-refractivity contribution in [3.8, 4) is 5.75 Å². The summed E-state index contributed by atoms with van der Waals surface area (Å²) in [6, 6.07) is 4.56. The van der Waals surface area contributed by atoms with Crippen molar-refractivity contribution < 1.29 is 17.9 Å². The zero-order valence-electron chi connectivity index (χ0n) is 11.7. The van der Waals surface area contributed by atoms with E-state index in [1.54, 1.807) is 25.2 Å². The molecule has 0 radical (unpaired) electrons. The van der Waals surface area contributed by atoms with E-state index in [1.807, 2.05) is 6.92 Å². The van der Waals surface area contributed by atoms with E-state index < -0.39 is 16.1 Å². The van der Waals surface area contributed by atoms with E-state index >= 15 is 0 Å². The van der Waals surface area contributed by atoms with Gasteiger partial charge in [0.25, 0.3) is 0 Å². The summed E-state index contributed by atoms with van der Waals surface area (Å²) >= 11 is 0. The Morgan fingerprint density at radius 3 is 2.65 bits per heavy atom. The Morgan fingerprint density at radius 2 is 2.10 bits per heavy atom. The topological polar surface area (TPSA) is 75.7 Å². The van der Waals surface area contributed by atoms with Crippen molar-refractivity contribution in [1.29, 1.82) is 0 Å². The van der Waals surface area contributed by atoms with Crippen LogP contribution >= 0.6 is 0 Å². The summed E-state index contributed by atoms with van der Waals surface area (Å²) in [5, 5.41) is 0. The van der Waals surface area contributed by atoms with Crippen molar-refractivity contribution >= 4 is 15.9 Å². The Hall–Kier alpha value is -1.60. The van der Waals surface area contributed by atoms with Gasteiger partial charge in [-0.25, -0.2) is 13.1 Å². The van der Waals surface area contributed by atoms with E-state index in [1.165, 1.54) is 12.0 Å². The van der Waals surface area contributed by atoms with E-state index in [0.29, 0.717) is 12.3 Å². The molecule has 20 heavy (non-hydrogen) atoms. The third-order valence-corrected chi connectivity index (χ3v) is 4.81. The second kappa shape index (κ2) is 5.41. The summed E-state index contributed by atoms with van der Waals surface area (Å²) < 4.78 is 32.5. The molecule has 0 aliphatic carbocycles. The maximum Gasteiger partial charge on any atom is 0.244 e. The molecule has 1 N–H and O–H groups in total. The summed E-state index contributed by atoms with van der Waals surface area (Å²) in [5.41, 5.74) is 0.825. The predicted molar refractivity (Wildman–Crippen MR) is 74.1 cm³/mol. The lowest BCUT2D eigenvalue weighted by Gasteiger charge is -2.15. The third-order valence-electron chi connectivity index (χ3n) is 3.27. The summed E-state index contributed by atoms with van der Waals surface area (Å²) in [4.78, 5) is 13.1. The van der Waals surface area contributed by atoms with E-state index in [9.17, 15) is 13.2 Å². The Kier molecular flexibility index (Phi) is 4.01. The molecule has 2 rings (SSSR count). The fraction of sp³-hybridized carbons (Fsp3) is 0.462. The molecule has 7 heteroatoms. The summed E-state index contributed by atoms with van der Waals surface area (Å²) in [5.74, 6) is 0.231. The highest BCUT2D eigenvalue weighted by Crippen LogP contribution is 2.25. The Morgan fingerprint density at radius 1 is 1.40 bits per heavy atom. The summed E-state index contributed by atoms with van der Waals surface area (Å²) in [6.07, 6.45) is 0.184. The summed E-state index contributed by atoms with van der Waals surface area (Å²) in [7, 11) is -0.626. The molecule has 1 saturated heterocycles. The van der Waals surface area contributed by atoms with Crippen LogP contribution in [0.4, 0.5) is 0 Å². The van der Waals surface area contributed by atoms with Crippen LogP contribution in [-0.2, 0) is 14.8 Å². The van der Waals surface area contributed by atoms with Crippen LogP contribution in [0.1, 0.15) is 12.0 Å². The van der Waals surface area contributed by atoms with Crippen molar-refractivity contribution in [2.75, 3.05) is 20.7 Å². The third kappa shape index (κ3) is 2.94. The van der Waals surface area contributed by atoms with Gasteiger partial charge in [0.05, 0.1) is 7.11 Å². The Balaban J connectivity index is 2.27. The smallest absolute Gasteiger partial charge is 0.244 e. The number of sulfonamides is 1. The fourth-order valence-electron chi connectivity index (χ4n) is 2.22. The van der Waals surface area contributed by atoms with E-state index in [2.05, 4.69) is 4.72 Å². The normalized spacial score (nSPS) is 19.4. The molecular formula is C13H18N2O4S. The van der Waals surface area contributed by atoms with E-state index in [-0.39, 0.29) is 17.2 Å². The maximum absolute atomic E-state index is 12.4. The minimum absolute atomic E-state index is 0.0612. The molecule has 1 heterocycles. The SMILES string of the molecule is COc1ccc(C)cc1S(=O)(=O)NC1CC(=O)N(C)C1. The number of hydrogen-bond donors (Lipinski definition) is 1. The molecule has 1 atom stereocenters. The lowest BCUT2D eigenvalue weighted by Crippen LogP contribution is -2.36. The van der Waals surface area contributed by atoms with Gasteiger partial charge in [-0.2, -0.15) is 0 Å². The molecule has 1 aromatic rings. The lowest BCUT2D eigenvalue weighted by molar-refractivity contribution is -0.126. The minimum atomic E-state index is -3.71. The molecular weight excluding hydrogens is 280 g/mol. The average molecular weight is 298 g/mol. The van der Waals surface area contributed by atoms with Crippen molar-refractivity contribution in [3.63, 3.8) is 0 Å². The number of nitrogens with one attached hydrogen (secondary N) is 1. The number of carbonyl (C=O) groups is 1. The number of ether oxygens (including phenoxy) is 1. The number of likely N-dealkylation sites (N-methyl/N-ethyl adjacent to an activating group) is 1. The number of amides is 1. The van der Waals surface area contributed by atoms with Crippen molar-refractivity contribution in [3.05, 3.63) is 23.8 Å². The van der Waals surface area contributed by atoms with Crippen molar-refractivity contribution in [2.45, 2.75) is 24.3 Å². The van der Waals surface area contributed by atoms with Gasteiger partial charge < -0.3 is 9.64 Å². The highest BCUT2D eigenvalue weighted by Gasteiger charge is 2.31. The monoisotopic (exact) mass is 298 g/mol. The Labute approximate surface area is 118 Å². The molecule has 1 aromatic carbocycles. The molecule has 0 spiro atoms. The zero-order chi connectivity index (χ0) is 14.9. The number of carbonyl (C=O) groups excluding carboxylic acids is 1. The average Bonchev–Trinajstić information content (AvgIpc) is 2.67. The number of benzene rings is 1. The van der Waals surface area contributed by atoms with Crippen LogP contribution in [0.2, 0.25) is 0 Å². The number of nitrogens with zero attached hydrogens (tertiary/aromatic N) is 1. The van der Waals surface area contributed by atoms with Gasteiger partial charge in [-0.3, -0.25) is 4.79 Å². The van der Waals surface area contributed by atoms with Gasteiger partial charge in [0.2, 0.25) is 15.9 Å². The predicted octanol–water partition coefficient (Wildman–Crippen LogP) is 0.513. The lowest BCUT2D eigenvalue weighted by atomic mass is 10.2. The zero-order valence-corrected chi connectivity index (χ0v) is 12.5. The molecule has 6 nitrogen and oxygen atoms in total. The van der Waals surface area contributed by atoms with Crippen LogP contribution in [0, 0.1) is 6.92 Å². The quantitative estimate of drug-likeness (QED) is 0.879. The van der Waals surface area contributed by atoms with Crippen LogP contribution in [0.25, 0.3) is 0 Å². The number of aryl methyl sites for hydroxylation is 1. The molecule has 1 aliphatic heterocycles. The van der Waals surface area contributed by atoms with Gasteiger partial charge in [-0.15, -0.1) is 0 Å². The molecule has 1 aliphatic rings. The second-order valence-electron chi connectivity index (χ2n) is 4.95. The molecule has 0 saturated carbocycles. The molecule has 110 valence electrons. The second-order valence-corrected chi connectivity index (χ2v) is 6.63. The molecule has 1 fully saturated rings. The highest BCUT2D eigenvalue weighted by atomic mass is 32.2. The first-order valence-corrected chi connectivity index (χ1v) is 7.73. The fourth-order valence-corrected chi connectivity index (χ4v) is 3.70. The van der Waals surface area contributed by atoms with Crippen LogP contribution < -0.4 is 9.46 Å². The van der Waals surface area contributed by atoms with E-state index in [0.717, 1.165) is 5.56 Å². The Bertz CT molecular complexity index is 627. The molecule has 1 unspecified atom stereocenters. The maximum atomic E-state index is 12.4. The molecule has 1 amide bonds. The van der Waals surface area contributed by atoms with Crippen LogP contribution in [0.15, 0.2) is 23.1 Å². The highest BCUT2D eigenvalue weighted by molar-refractivity contribution is 7.89. The number of methoxy groups -OCH3 is 1. The van der Waals surface area contributed by atoms with Crippen LogP contribution in [0.3, 0.4) is 0 Å². The van der Waals surface area contributed by atoms with Crippen LogP contribution in [-0.4, -0.2) is 46.0 Å². The first-order chi connectivity index (χ1) is 9.33. The van der Waals surface area contributed by atoms with Gasteiger partial charge in [-0.05, 0) is 24.6 Å².